The molecule has 0 aromatic heterocycles. The fourth-order valence-corrected chi connectivity index (χ4v) is 10.3. The molecule has 0 bridgehead atoms. The van der Waals surface area contributed by atoms with Crippen LogP contribution in [0.15, 0.2) is 59.7 Å². The van der Waals surface area contributed by atoms with Crippen molar-refractivity contribution in [3.05, 3.63) is 101 Å². The van der Waals surface area contributed by atoms with E-state index in [2.05, 4.69) is 116 Å². The van der Waals surface area contributed by atoms with Gasteiger partial charge < -0.3 is 19.4 Å². The van der Waals surface area contributed by atoms with Crippen LogP contribution in [0.3, 0.4) is 0 Å². The Morgan fingerprint density at radius 1 is 0.342 bits per heavy atom. The maximum Gasteiger partial charge on any atom is 2.00 e. The van der Waals surface area contributed by atoms with E-state index < -0.39 is 0 Å². The molecule has 2 nitrogen and oxygen atoms in total. The summed E-state index contributed by atoms with van der Waals surface area (Å²) >= 11 is 0. The first kappa shape index (κ1) is 73.6. The Balaban J connectivity index is 0.00000581. The van der Waals surface area contributed by atoms with Gasteiger partial charge in [0.1, 0.15) is 5.57 Å². The van der Waals surface area contributed by atoms with Crippen LogP contribution in [0.2, 0.25) is 0 Å². The molecule has 3 rings (SSSR count). The van der Waals surface area contributed by atoms with Gasteiger partial charge in [-0.25, -0.2) is 4.70 Å². The molecule has 0 fully saturated rings. The van der Waals surface area contributed by atoms with E-state index in [-0.39, 0.29) is 16.5 Å². The molecule has 436 valence electrons. The minimum absolute atomic E-state index is 0. The Morgan fingerprint density at radius 3 is 0.921 bits per heavy atom. The molecule has 0 N–H and O–H groups in total. The van der Waals surface area contributed by atoms with Crippen molar-refractivity contribution in [1.29, 1.82) is 0 Å². The molecular formula is C73H124N2Ni. The van der Waals surface area contributed by atoms with Gasteiger partial charge in [-0.2, -0.15) is 12.8 Å². The number of aryl methyl sites for hydroxylation is 2. The molecule has 2 aromatic rings. The zero-order valence-corrected chi connectivity index (χ0v) is 52.5. The maximum absolute atomic E-state index is 12.2. The van der Waals surface area contributed by atoms with Crippen molar-refractivity contribution in [3.63, 3.8) is 0 Å². The minimum atomic E-state index is 0. The number of benzene rings is 2. The van der Waals surface area contributed by atoms with Crippen LogP contribution in [0.4, 0.5) is 0 Å². The second-order valence-corrected chi connectivity index (χ2v) is 22.6. The third-order valence-electron chi connectivity index (χ3n) is 15.4. The van der Waals surface area contributed by atoms with Crippen LogP contribution in [0.25, 0.3) is 16.9 Å². The normalized spacial score (nSPS) is 12.0. The zero-order chi connectivity index (χ0) is 54.5. The SMILES string of the molecule is CCCCCCCCCCCCCCCCCCCCCCCCCCC#CC1=C(c2ccc(CCCC)cc2)[N+](=[N-])C(c2ccc(CCCC)cc2)=C1CCCCCCCCCCCCC.[CH2-]CCC.[CH2-]CCC.[Ni+2]. The van der Waals surface area contributed by atoms with Gasteiger partial charge in [0.25, 0.3) is 0 Å². The van der Waals surface area contributed by atoms with Crippen molar-refractivity contribution >= 4 is 11.4 Å². The largest absolute Gasteiger partial charge is 2.00 e. The van der Waals surface area contributed by atoms with Crippen molar-refractivity contribution in [2.24, 2.45) is 0 Å². The fourth-order valence-electron chi connectivity index (χ4n) is 10.3. The van der Waals surface area contributed by atoms with Crippen LogP contribution in [0, 0.1) is 25.7 Å². The maximum atomic E-state index is 12.2. The number of hydrogen-bond donors (Lipinski definition) is 0. The molecule has 0 saturated heterocycles. The summed E-state index contributed by atoms with van der Waals surface area (Å²) in [5.41, 5.74) is 21.2. The van der Waals surface area contributed by atoms with E-state index in [4.69, 9.17) is 0 Å². The van der Waals surface area contributed by atoms with E-state index in [0.29, 0.717) is 0 Å². The van der Waals surface area contributed by atoms with E-state index >= 15 is 0 Å². The minimum Gasteiger partial charge on any atom is -0.493 e. The number of hydrogen-bond acceptors (Lipinski definition) is 0. The second-order valence-electron chi connectivity index (χ2n) is 22.6. The Bertz CT molecular complexity index is 1700. The Labute approximate surface area is 486 Å². The van der Waals surface area contributed by atoms with Crippen LogP contribution in [-0.2, 0) is 29.3 Å². The van der Waals surface area contributed by atoms with Crippen molar-refractivity contribution < 1.29 is 21.2 Å². The standard InChI is InChI=1S/C65H106N2.2C4H9.Ni/c1-5-9-13-15-17-19-21-22-23-24-25-26-27-28-29-30-31-32-33-34-35-37-39-41-43-45-49-63-62(48-44-42-40-38-36-20-18-16-14-10-6-2)64(60-54-50-58(51-55-60)46-11-7-3)67(66)65(63)61-56-52-59(53-57-61)47-12-8-4;2*1-3-4-2;/h50-57H,5-44,46-48H2,1-4H3;2*1,3-4H2,2H3;/q;2*-1;+2. The van der Waals surface area contributed by atoms with Crippen LogP contribution in [-0.4, -0.2) is 4.70 Å². The van der Waals surface area contributed by atoms with Gasteiger partial charge >= 0.3 is 16.5 Å². The molecule has 0 spiro atoms. The molecule has 1 heterocycles. The predicted octanol–water partition coefficient (Wildman–Crippen LogP) is 25.3. The number of nitrogens with zero attached hydrogens (tertiary/aromatic N) is 2. The molecule has 3 heteroatoms. The van der Waals surface area contributed by atoms with Crippen LogP contribution >= 0.6 is 0 Å². The Hall–Kier alpha value is -2.43. The van der Waals surface area contributed by atoms with Crippen molar-refractivity contribution in [2.45, 2.75) is 343 Å². The van der Waals surface area contributed by atoms with Gasteiger partial charge in [-0.1, -0.05) is 315 Å². The van der Waals surface area contributed by atoms with E-state index in [9.17, 15) is 5.53 Å². The smallest absolute Gasteiger partial charge is 0.493 e. The molecule has 0 unspecified atom stereocenters. The topological polar surface area (TPSA) is 25.3 Å². The molecule has 0 atom stereocenters. The monoisotopic (exact) mass is 1090 g/mol. The predicted molar refractivity (Wildman–Crippen MR) is 338 cm³/mol. The second kappa shape index (κ2) is 55.9. The third kappa shape index (κ3) is 38.2. The molecule has 1 aliphatic rings. The number of unbranched alkanes of at least 4 members (excludes halogenated alkanes) is 38. The summed E-state index contributed by atoms with van der Waals surface area (Å²) in [5.74, 6) is 7.37. The molecule has 76 heavy (non-hydrogen) atoms. The van der Waals surface area contributed by atoms with Gasteiger partial charge in [0, 0.05) is 23.1 Å². The first-order valence-electron chi connectivity index (χ1n) is 33.2. The molecule has 0 saturated carbocycles. The van der Waals surface area contributed by atoms with Gasteiger partial charge in [0.2, 0.25) is 11.4 Å². The van der Waals surface area contributed by atoms with Crippen LogP contribution < -0.4 is 0 Å². The molecule has 0 aliphatic carbocycles. The van der Waals surface area contributed by atoms with E-state index in [1.807, 2.05) is 0 Å². The molecule has 2 aromatic carbocycles. The van der Waals surface area contributed by atoms with Gasteiger partial charge in [-0.05, 0) is 80.3 Å². The first-order valence-corrected chi connectivity index (χ1v) is 33.2. The fraction of sp³-hybridized carbons (Fsp3) is 0.726. The summed E-state index contributed by atoms with van der Waals surface area (Å²) < 4.78 is 1.51. The van der Waals surface area contributed by atoms with E-state index in [1.165, 1.54) is 272 Å². The summed E-state index contributed by atoms with van der Waals surface area (Å²) in [6.07, 6.45) is 62.1. The zero-order valence-electron chi connectivity index (χ0n) is 51.5. The first-order chi connectivity index (χ1) is 37.0. The van der Waals surface area contributed by atoms with Gasteiger partial charge in [0.05, 0.1) is 0 Å². The Kier molecular flexibility index (Phi) is 54.1. The van der Waals surface area contributed by atoms with Crippen molar-refractivity contribution in [3.8, 4) is 11.8 Å². The summed E-state index contributed by atoms with van der Waals surface area (Å²) in [6, 6.07) is 18.0. The van der Waals surface area contributed by atoms with Gasteiger partial charge in [0.15, 0.2) is 0 Å². The summed E-state index contributed by atoms with van der Waals surface area (Å²) in [5, 5.41) is 0. The summed E-state index contributed by atoms with van der Waals surface area (Å²) in [7, 11) is 0. The van der Waals surface area contributed by atoms with E-state index in [1.54, 1.807) is 0 Å². The third-order valence-corrected chi connectivity index (χ3v) is 15.4. The molecular weight excluding hydrogens is 964 g/mol. The quantitative estimate of drug-likeness (QED) is 0.0208. The summed E-state index contributed by atoms with van der Waals surface area (Å²) in [6.45, 7) is 20.6. The summed E-state index contributed by atoms with van der Waals surface area (Å²) in [4.78, 5) is 0. The van der Waals surface area contributed by atoms with Gasteiger partial charge in [-0.3, -0.25) is 0 Å². The number of rotatable bonds is 46. The van der Waals surface area contributed by atoms with Crippen LogP contribution in [0.5, 0.6) is 0 Å². The average molecular weight is 1090 g/mol. The van der Waals surface area contributed by atoms with Crippen LogP contribution in [0.1, 0.15) is 353 Å². The number of allylic oxidation sites excluding steroid dienone is 2. The van der Waals surface area contributed by atoms with E-state index in [0.717, 1.165) is 79.5 Å². The van der Waals surface area contributed by atoms with Gasteiger partial charge in [-0.15, -0.1) is 0 Å². The Morgan fingerprint density at radius 2 is 0.618 bits per heavy atom. The van der Waals surface area contributed by atoms with Crippen molar-refractivity contribution in [2.75, 3.05) is 0 Å². The average Bonchev–Trinajstić information content (AvgIpc) is 3.71. The van der Waals surface area contributed by atoms with Crippen molar-refractivity contribution in [1.82, 2.24) is 0 Å². The molecule has 0 amide bonds. The molecule has 1 aliphatic heterocycles. The molecule has 0 radical (unpaired) electrons.